The van der Waals surface area contributed by atoms with Crippen LogP contribution in [0.25, 0.3) is 0 Å². The van der Waals surface area contributed by atoms with Gasteiger partial charge in [0, 0.05) is 10.2 Å². The van der Waals surface area contributed by atoms with Crippen LogP contribution >= 0.6 is 15.9 Å². The molecule has 0 bridgehead atoms. The van der Waals surface area contributed by atoms with Crippen molar-refractivity contribution in [2.75, 3.05) is 11.9 Å². The highest BCUT2D eigenvalue weighted by Crippen LogP contribution is 2.61. The molecular weight excluding hydrogens is 450 g/mol. The van der Waals surface area contributed by atoms with E-state index in [1.54, 1.807) is 0 Å². The Hall–Kier alpha value is -1.29. The van der Waals surface area contributed by atoms with Gasteiger partial charge in [-0.05, 0) is 97.8 Å². The van der Waals surface area contributed by atoms with Crippen molar-refractivity contribution in [2.24, 2.45) is 28.6 Å². The molecule has 0 radical (unpaired) electrons. The molecule has 2 aliphatic rings. The third kappa shape index (κ3) is 5.94. The molecule has 0 heterocycles. The zero-order valence-electron chi connectivity index (χ0n) is 19.8. The number of carbonyl (C=O) groups is 1. The molecule has 0 aromatic heterocycles. The van der Waals surface area contributed by atoms with Gasteiger partial charge in [-0.25, -0.2) is 4.79 Å². The van der Waals surface area contributed by atoms with Crippen LogP contribution in [0.1, 0.15) is 79.1 Å². The summed E-state index contributed by atoms with van der Waals surface area (Å²) in [6.07, 6.45) is 9.48. The summed E-state index contributed by atoms with van der Waals surface area (Å²) in [5.41, 5.74) is 3.08. The highest BCUT2D eigenvalue weighted by Gasteiger charge is 2.52. The first-order valence-corrected chi connectivity index (χ1v) is 12.8. The van der Waals surface area contributed by atoms with Crippen LogP contribution in [0.4, 0.5) is 10.5 Å². The highest BCUT2D eigenvalue weighted by atomic mass is 79.9. The number of amides is 1. The molecule has 1 unspecified atom stereocenters. The first-order valence-electron chi connectivity index (χ1n) is 12.0. The number of fused-ring (bicyclic) bond motifs is 1. The number of carbonyl (C=O) groups excluding carboxylic acids is 1. The highest BCUT2D eigenvalue weighted by molar-refractivity contribution is 9.10. The lowest BCUT2D eigenvalue weighted by Crippen LogP contribution is -2.49. The van der Waals surface area contributed by atoms with Crippen molar-refractivity contribution in [3.05, 3.63) is 40.9 Å². The predicted molar refractivity (Wildman–Crippen MR) is 133 cm³/mol. The van der Waals surface area contributed by atoms with Crippen LogP contribution < -0.4 is 5.32 Å². The predicted octanol–water partition coefficient (Wildman–Crippen LogP) is 8.60. The van der Waals surface area contributed by atoms with Gasteiger partial charge in [0.05, 0.1) is 6.61 Å². The van der Waals surface area contributed by atoms with Gasteiger partial charge in [-0.3, -0.25) is 5.32 Å². The van der Waals surface area contributed by atoms with E-state index in [0.717, 1.165) is 22.5 Å². The molecule has 1 aromatic rings. The fraction of sp³-hybridized carbons (Fsp3) is 0.667. The first-order chi connectivity index (χ1) is 14.6. The van der Waals surface area contributed by atoms with E-state index in [-0.39, 0.29) is 6.09 Å². The summed E-state index contributed by atoms with van der Waals surface area (Å²) in [4.78, 5) is 12.0. The number of ether oxygens (including phenoxy) is 1. The van der Waals surface area contributed by atoms with Crippen LogP contribution in [-0.4, -0.2) is 12.7 Å². The Kier molecular flexibility index (Phi) is 7.94. The second-order valence-electron chi connectivity index (χ2n) is 10.9. The van der Waals surface area contributed by atoms with Crippen molar-refractivity contribution >= 4 is 27.7 Å². The monoisotopic (exact) mass is 489 g/mol. The summed E-state index contributed by atoms with van der Waals surface area (Å²) < 4.78 is 6.40. The van der Waals surface area contributed by atoms with Gasteiger partial charge in [0.25, 0.3) is 0 Å². The Balaban J connectivity index is 1.45. The number of benzene rings is 1. The summed E-state index contributed by atoms with van der Waals surface area (Å²) in [6.45, 7) is 14.8. The topological polar surface area (TPSA) is 38.3 Å². The molecule has 172 valence electrons. The van der Waals surface area contributed by atoms with Crippen molar-refractivity contribution in [3.8, 4) is 0 Å². The minimum absolute atomic E-state index is 0.380. The molecule has 3 nitrogen and oxygen atoms in total. The Morgan fingerprint density at radius 3 is 2.65 bits per heavy atom. The van der Waals surface area contributed by atoms with Crippen molar-refractivity contribution in [2.45, 2.75) is 79.1 Å². The third-order valence-electron chi connectivity index (χ3n) is 8.20. The van der Waals surface area contributed by atoms with Gasteiger partial charge < -0.3 is 4.74 Å². The molecule has 4 heteroatoms. The molecule has 0 saturated heterocycles. The normalized spacial score (nSPS) is 28.5. The van der Waals surface area contributed by atoms with Gasteiger partial charge in [-0.1, -0.05) is 62.2 Å². The smallest absolute Gasteiger partial charge is 0.411 e. The van der Waals surface area contributed by atoms with Gasteiger partial charge in [0.2, 0.25) is 0 Å². The van der Waals surface area contributed by atoms with E-state index < -0.39 is 0 Å². The zero-order chi connectivity index (χ0) is 22.6. The van der Waals surface area contributed by atoms with Crippen molar-refractivity contribution in [1.29, 1.82) is 0 Å². The van der Waals surface area contributed by atoms with Crippen LogP contribution in [0.15, 0.2) is 40.9 Å². The number of rotatable bonds is 7. The molecule has 3 rings (SSSR count). The molecule has 2 aliphatic carbocycles. The average Bonchev–Trinajstić information content (AvgIpc) is 2.68. The second kappa shape index (κ2) is 10.1. The van der Waals surface area contributed by atoms with Gasteiger partial charge in [-0.2, -0.15) is 0 Å². The number of halogens is 1. The number of allylic oxidation sites excluding steroid dienone is 1. The molecule has 1 N–H and O–H groups in total. The number of nitrogens with one attached hydrogen (secondary N) is 1. The maximum Gasteiger partial charge on any atom is 0.411 e. The van der Waals surface area contributed by atoms with Crippen molar-refractivity contribution < 1.29 is 9.53 Å². The maximum absolute atomic E-state index is 12.0. The quantitative estimate of drug-likeness (QED) is 0.389. The molecule has 2 fully saturated rings. The summed E-state index contributed by atoms with van der Waals surface area (Å²) >= 11 is 3.39. The van der Waals surface area contributed by atoms with E-state index in [2.05, 4.69) is 55.5 Å². The Bertz CT molecular complexity index is 772. The van der Waals surface area contributed by atoms with E-state index >= 15 is 0 Å². The summed E-state index contributed by atoms with van der Waals surface area (Å²) in [7, 11) is 0. The molecule has 4 atom stereocenters. The largest absolute Gasteiger partial charge is 0.449 e. The Morgan fingerprint density at radius 1 is 1.23 bits per heavy atom. The van der Waals surface area contributed by atoms with Crippen LogP contribution in [0.2, 0.25) is 0 Å². The average molecular weight is 491 g/mol. The molecular formula is C27H40BrNO2. The molecule has 2 saturated carbocycles. The molecule has 0 aliphatic heterocycles. The van der Waals surface area contributed by atoms with E-state index in [9.17, 15) is 4.79 Å². The fourth-order valence-electron chi connectivity index (χ4n) is 6.44. The van der Waals surface area contributed by atoms with Crippen LogP contribution in [0.5, 0.6) is 0 Å². The number of hydrogen-bond donors (Lipinski definition) is 1. The standard InChI is InChI=1S/C27H40BrNO2/c1-19(15-18-31-25(30)29-22-11-9-21(28)10-12-22)7-13-23-20(2)8-14-24-26(3,4)16-6-17-27(23,24)5/h9-12,19,23-24H,2,6-8,13-18H2,1,3-5H3,(H,29,30)/t19-,23+,24?,27-/m1/s1. The third-order valence-corrected chi connectivity index (χ3v) is 8.73. The van der Waals surface area contributed by atoms with Crippen LogP contribution in [0, 0.1) is 28.6 Å². The van der Waals surface area contributed by atoms with Gasteiger partial charge in [-0.15, -0.1) is 0 Å². The van der Waals surface area contributed by atoms with E-state index in [1.807, 2.05) is 24.3 Å². The van der Waals surface area contributed by atoms with Gasteiger partial charge in [0.15, 0.2) is 0 Å². The number of anilines is 1. The lowest BCUT2D eigenvalue weighted by molar-refractivity contribution is -0.0553. The number of hydrogen-bond acceptors (Lipinski definition) is 2. The minimum Gasteiger partial charge on any atom is -0.449 e. The van der Waals surface area contributed by atoms with E-state index in [1.165, 1.54) is 50.5 Å². The van der Waals surface area contributed by atoms with Crippen LogP contribution in [-0.2, 0) is 4.74 Å². The first kappa shape index (κ1) is 24.4. The SMILES string of the molecule is C=C1CCC2C(C)(C)CCC[C@]2(C)[C@H]1CC[C@@H](C)CCOC(=O)Nc1ccc(Br)cc1. The molecule has 0 spiro atoms. The van der Waals surface area contributed by atoms with Crippen LogP contribution in [0.3, 0.4) is 0 Å². The van der Waals surface area contributed by atoms with E-state index in [4.69, 9.17) is 4.74 Å². The summed E-state index contributed by atoms with van der Waals surface area (Å²) in [5.74, 6) is 1.98. The van der Waals surface area contributed by atoms with Crippen molar-refractivity contribution in [1.82, 2.24) is 0 Å². The molecule has 1 amide bonds. The fourth-order valence-corrected chi connectivity index (χ4v) is 6.71. The molecule has 1 aromatic carbocycles. The lowest BCUT2D eigenvalue weighted by Gasteiger charge is -2.58. The summed E-state index contributed by atoms with van der Waals surface area (Å²) in [6, 6.07) is 7.50. The Labute approximate surface area is 197 Å². The van der Waals surface area contributed by atoms with E-state index in [0.29, 0.717) is 29.3 Å². The second-order valence-corrected chi connectivity index (χ2v) is 11.8. The summed E-state index contributed by atoms with van der Waals surface area (Å²) in [5, 5.41) is 2.78. The Morgan fingerprint density at radius 2 is 1.94 bits per heavy atom. The zero-order valence-corrected chi connectivity index (χ0v) is 21.4. The molecule has 31 heavy (non-hydrogen) atoms. The minimum atomic E-state index is -0.380. The van der Waals surface area contributed by atoms with Gasteiger partial charge >= 0.3 is 6.09 Å². The lowest BCUT2D eigenvalue weighted by atomic mass is 9.47. The van der Waals surface area contributed by atoms with Crippen molar-refractivity contribution in [3.63, 3.8) is 0 Å². The van der Waals surface area contributed by atoms with Gasteiger partial charge in [0.1, 0.15) is 0 Å². The maximum atomic E-state index is 12.0.